The standard InChI is InChI=1S/C11H13N3OS/c1-5-4-6(2)13-11-8(5)9(10(12)16-11)14-7(3)15/h4H,12H2,1-3H3,(H,14,15). The van der Waals surface area contributed by atoms with Crippen LogP contribution in [-0.4, -0.2) is 10.9 Å². The number of amides is 1. The van der Waals surface area contributed by atoms with E-state index in [1.807, 2.05) is 19.9 Å². The van der Waals surface area contributed by atoms with Gasteiger partial charge in [-0.2, -0.15) is 0 Å². The Kier molecular flexibility index (Phi) is 2.55. The molecule has 84 valence electrons. The van der Waals surface area contributed by atoms with E-state index in [9.17, 15) is 4.79 Å². The molecule has 0 saturated carbocycles. The molecular weight excluding hydrogens is 222 g/mol. The molecule has 3 N–H and O–H groups in total. The third-order valence-electron chi connectivity index (χ3n) is 2.32. The van der Waals surface area contributed by atoms with Gasteiger partial charge in [0.2, 0.25) is 5.91 Å². The highest BCUT2D eigenvalue weighted by Crippen LogP contribution is 2.38. The summed E-state index contributed by atoms with van der Waals surface area (Å²) in [6.07, 6.45) is 0. The smallest absolute Gasteiger partial charge is 0.221 e. The minimum Gasteiger partial charge on any atom is -0.389 e. The zero-order valence-electron chi connectivity index (χ0n) is 9.42. The summed E-state index contributed by atoms with van der Waals surface area (Å²) < 4.78 is 0. The molecule has 5 heteroatoms. The number of nitrogens with one attached hydrogen (secondary N) is 1. The number of thiophene rings is 1. The van der Waals surface area contributed by atoms with Gasteiger partial charge in [0.05, 0.1) is 5.69 Å². The van der Waals surface area contributed by atoms with Crippen LogP contribution in [-0.2, 0) is 4.79 Å². The van der Waals surface area contributed by atoms with Gasteiger partial charge in [-0.1, -0.05) is 11.3 Å². The molecule has 0 fully saturated rings. The largest absolute Gasteiger partial charge is 0.389 e. The maximum Gasteiger partial charge on any atom is 0.221 e. The average molecular weight is 235 g/mol. The number of carbonyl (C=O) groups excluding carboxylic acids is 1. The van der Waals surface area contributed by atoms with E-state index >= 15 is 0 Å². The second-order valence-corrected chi connectivity index (χ2v) is 4.81. The number of rotatable bonds is 1. The molecule has 2 aromatic rings. The Hall–Kier alpha value is -1.62. The number of nitrogens with zero attached hydrogens (tertiary/aromatic N) is 1. The van der Waals surface area contributed by atoms with Gasteiger partial charge in [0.25, 0.3) is 0 Å². The normalized spacial score (nSPS) is 10.7. The van der Waals surface area contributed by atoms with Crippen molar-refractivity contribution in [3.63, 3.8) is 0 Å². The molecule has 0 aliphatic rings. The van der Waals surface area contributed by atoms with Crippen molar-refractivity contribution >= 4 is 38.1 Å². The number of fused-ring (bicyclic) bond motifs is 1. The Morgan fingerprint density at radius 3 is 2.81 bits per heavy atom. The molecule has 0 bridgehead atoms. The van der Waals surface area contributed by atoms with Crippen LogP contribution in [0, 0.1) is 13.8 Å². The maximum atomic E-state index is 11.1. The van der Waals surface area contributed by atoms with Crippen LogP contribution in [0.4, 0.5) is 10.7 Å². The van der Waals surface area contributed by atoms with Crippen LogP contribution in [0.5, 0.6) is 0 Å². The Labute approximate surface area is 97.5 Å². The summed E-state index contributed by atoms with van der Waals surface area (Å²) in [7, 11) is 0. The van der Waals surface area contributed by atoms with Crippen molar-refractivity contribution in [3.8, 4) is 0 Å². The Morgan fingerprint density at radius 2 is 2.19 bits per heavy atom. The average Bonchev–Trinajstić information content (AvgIpc) is 2.41. The van der Waals surface area contributed by atoms with Crippen LogP contribution in [0.3, 0.4) is 0 Å². The second kappa shape index (κ2) is 3.75. The summed E-state index contributed by atoms with van der Waals surface area (Å²) in [6.45, 7) is 5.41. The number of hydrogen-bond acceptors (Lipinski definition) is 4. The first-order chi connectivity index (χ1) is 7.49. The molecule has 2 heterocycles. The molecule has 0 aliphatic carbocycles. The maximum absolute atomic E-state index is 11.1. The zero-order valence-corrected chi connectivity index (χ0v) is 10.2. The van der Waals surface area contributed by atoms with Crippen molar-refractivity contribution in [1.82, 2.24) is 4.98 Å². The van der Waals surface area contributed by atoms with E-state index in [2.05, 4.69) is 10.3 Å². The molecule has 16 heavy (non-hydrogen) atoms. The SMILES string of the molecule is CC(=O)Nc1c(N)sc2nc(C)cc(C)c12. The van der Waals surface area contributed by atoms with Crippen molar-refractivity contribution in [2.75, 3.05) is 11.1 Å². The highest BCUT2D eigenvalue weighted by molar-refractivity contribution is 7.23. The van der Waals surface area contributed by atoms with Crippen LogP contribution in [0.2, 0.25) is 0 Å². The van der Waals surface area contributed by atoms with Gasteiger partial charge in [-0.05, 0) is 25.5 Å². The Balaban J connectivity index is 2.73. The molecule has 0 spiro atoms. The van der Waals surface area contributed by atoms with Crippen molar-refractivity contribution < 1.29 is 4.79 Å². The fourth-order valence-electron chi connectivity index (χ4n) is 1.76. The van der Waals surface area contributed by atoms with Crippen LogP contribution < -0.4 is 11.1 Å². The number of nitrogen functional groups attached to an aromatic ring is 1. The Morgan fingerprint density at radius 1 is 1.50 bits per heavy atom. The molecule has 0 unspecified atom stereocenters. The van der Waals surface area contributed by atoms with E-state index in [1.165, 1.54) is 18.3 Å². The fourth-order valence-corrected chi connectivity index (χ4v) is 2.78. The number of hydrogen-bond donors (Lipinski definition) is 2. The van der Waals surface area contributed by atoms with E-state index < -0.39 is 0 Å². The summed E-state index contributed by atoms with van der Waals surface area (Å²) in [4.78, 5) is 16.4. The van der Waals surface area contributed by atoms with Gasteiger partial charge in [0.15, 0.2) is 0 Å². The van der Waals surface area contributed by atoms with Crippen LogP contribution >= 0.6 is 11.3 Å². The number of anilines is 2. The van der Waals surface area contributed by atoms with E-state index in [-0.39, 0.29) is 5.91 Å². The van der Waals surface area contributed by atoms with E-state index in [0.29, 0.717) is 10.7 Å². The summed E-state index contributed by atoms with van der Waals surface area (Å²) in [5.41, 5.74) is 8.62. The molecule has 0 atom stereocenters. The first-order valence-electron chi connectivity index (χ1n) is 4.93. The molecule has 4 nitrogen and oxygen atoms in total. The molecule has 0 radical (unpaired) electrons. The Bertz CT molecular complexity index is 574. The quantitative estimate of drug-likeness (QED) is 0.797. The number of aryl methyl sites for hydroxylation is 2. The van der Waals surface area contributed by atoms with E-state index in [1.54, 1.807) is 0 Å². The van der Waals surface area contributed by atoms with Crippen LogP contribution in [0.15, 0.2) is 6.07 Å². The van der Waals surface area contributed by atoms with E-state index in [0.717, 1.165) is 21.5 Å². The fraction of sp³-hybridized carbons (Fsp3) is 0.273. The van der Waals surface area contributed by atoms with Gasteiger partial charge in [0.1, 0.15) is 9.83 Å². The minimum absolute atomic E-state index is 0.119. The lowest BCUT2D eigenvalue weighted by Gasteiger charge is -2.04. The second-order valence-electron chi connectivity index (χ2n) is 3.78. The topological polar surface area (TPSA) is 68.0 Å². The molecule has 2 aromatic heterocycles. The van der Waals surface area contributed by atoms with Gasteiger partial charge in [-0.15, -0.1) is 0 Å². The lowest BCUT2D eigenvalue weighted by molar-refractivity contribution is -0.114. The van der Waals surface area contributed by atoms with Crippen molar-refractivity contribution in [2.24, 2.45) is 0 Å². The molecule has 1 amide bonds. The van der Waals surface area contributed by atoms with E-state index in [4.69, 9.17) is 5.73 Å². The van der Waals surface area contributed by atoms with Gasteiger partial charge < -0.3 is 11.1 Å². The highest BCUT2D eigenvalue weighted by atomic mass is 32.1. The van der Waals surface area contributed by atoms with Gasteiger partial charge in [-0.3, -0.25) is 4.79 Å². The lowest BCUT2D eigenvalue weighted by Crippen LogP contribution is -2.07. The highest BCUT2D eigenvalue weighted by Gasteiger charge is 2.14. The zero-order chi connectivity index (χ0) is 11.9. The first kappa shape index (κ1) is 10.9. The summed E-state index contributed by atoms with van der Waals surface area (Å²) in [5.74, 6) is -0.119. The van der Waals surface area contributed by atoms with Crippen molar-refractivity contribution in [3.05, 3.63) is 17.3 Å². The molecule has 0 saturated heterocycles. The predicted molar refractivity (Wildman–Crippen MR) is 67.8 cm³/mol. The monoisotopic (exact) mass is 235 g/mol. The number of carbonyl (C=O) groups is 1. The number of pyridine rings is 1. The third kappa shape index (κ3) is 1.74. The minimum atomic E-state index is -0.119. The van der Waals surface area contributed by atoms with Gasteiger partial charge in [-0.25, -0.2) is 4.98 Å². The summed E-state index contributed by atoms with van der Waals surface area (Å²) >= 11 is 1.40. The molecule has 0 aromatic carbocycles. The van der Waals surface area contributed by atoms with Crippen molar-refractivity contribution in [1.29, 1.82) is 0 Å². The molecule has 2 rings (SSSR count). The summed E-state index contributed by atoms with van der Waals surface area (Å²) in [6, 6.07) is 1.99. The summed E-state index contributed by atoms with van der Waals surface area (Å²) in [5, 5.41) is 4.31. The number of aromatic nitrogens is 1. The van der Waals surface area contributed by atoms with Gasteiger partial charge >= 0.3 is 0 Å². The first-order valence-corrected chi connectivity index (χ1v) is 5.74. The number of nitrogens with two attached hydrogens (primary N) is 1. The van der Waals surface area contributed by atoms with Crippen molar-refractivity contribution in [2.45, 2.75) is 20.8 Å². The molecule has 0 aliphatic heterocycles. The van der Waals surface area contributed by atoms with Gasteiger partial charge in [0, 0.05) is 18.0 Å². The lowest BCUT2D eigenvalue weighted by atomic mass is 10.1. The van der Waals surface area contributed by atoms with Crippen LogP contribution in [0.25, 0.3) is 10.2 Å². The third-order valence-corrected chi connectivity index (χ3v) is 3.23. The van der Waals surface area contributed by atoms with Crippen LogP contribution in [0.1, 0.15) is 18.2 Å². The molecular formula is C11H13N3OS. The predicted octanol–water partition coefficient (Wildman–Crippen LogP) is 2.45.